The number of sulfonamides is 1. The molecule has 0 bridgehead atoms. The van der Waals surface area contributed by atoms with Crippen molar-refractivity contribution in [2.75, 3.05) is 24.2 Å². The van der Waals surface area contributed by atoms with Gasteiger partial charge in [-0.3, -0.25) is 13.9 Å². The minimum absolute atomic E-state index is 0.0555. The molecule has 1 aliphatic rings. The lowest BCUT2D eigenvalue weighted by Crippen LogP contribution is -2.55. The van der Waals surface area contributed by atoms with Crippen LogP contribution in [-0.2, 0) is 32.6 Å². The Morgan fingerprint density at radius 2 is 1.56 bits per heavy atom. The van der Waals surface area contributed by atoms with Crippen LogP contribution in [0, 0.1) is 13.8 Å². The van der Waals surface area contributed by atoms with Crippen LogP contribution < -0.4 is 14.4 Å². The summed E-state index contributed by atoms with van der Waals surface area (Å²) in [6.07, 6.45) is 6.45. The molecule has 43 heavy (non-hydrogen) atoms. The zero-order chi connectivity index (χ0) is 31.0. The largest absolute Gasteiger partial charge is 0.495 e. The van der Waals surface area contributed by atoms with Gasteiger partial charge in [-0.15, -0.1) is 0 Å². The van der Waals surface area contributed by atoms with Gasteiger partial charge in [0.25, 0.3) is 0 Å². The maximum Gasteiger partial charge on any atom is 0.244 e. The molecule has 2 amide bonds. The summed E-state index contributed by atoms with van der Waals surface area (Å²) in [5.41, 5.74) is 3.93. The number of methoxy groups -OCH3 is 1. The van der Waals surface area contributed by atoms with Gasteiger partial charge in [0.1, 0.15) is 18.3 Å². The van der Waals surface area contributed by atoms with E-state index in [9.17, 15) is 18.0 Å². The first kappa shape index (κ1) is 32.1. The molecule has 9 heteroatoms. The number of nitrogens with zero attached hydrogens (tertiary/aromatic N) is 2. The van der Waals surface area contributed by atoms with E-state index in [0.717, 1.165) is 64.9 Å². The molecule has 4 rings (SSSR count). The fraction of sp³-hybridized carbons (Fsp3) is 0.412. The van der Waals surface area contributed by atoms with Crippen molar-refractivity contribution in [3.63, 3.8) is 0 Å². The predicted octanol–water partition coefficient (Wildman–Crippen LogP) is 5.17. The molecular formula is C34H43N3O5S. The Morgan fingerprint density at radius 3 is 2.19 bits per heavy atom. The highest BCUT2D eigenvalue weighted by molar-refractivity contribution is 7.92. The van der Waals surface area contributed by atoms with Gasteiger partial charge in [-0.2, -0.15) is 0 Å². The van der Waals surface area contributed by atoms with E-state index in [2.05, 4.69) is 5.32 Å². The summed E-state index contributed by atoms with van der Waals surface area (Å²) in [6, 6.07) is 21.8. The molecule has 1 saturated carbocycles. The highest BCUT2D eigenvalue weighted by Gasteiger charge is 2.34. The average Bonchev–Trinajstić information content (AvgIpc) is 2.99. The summed E-state index contributed by atoms with van der Waals surface area (Å²) in [5, 5.41) is 3.23. The minimum Gasteiger partial charge on any atom is -0.495 e. The second-order valence-corrected chi connectivity index (χ2v) is 13.4. The number of rotatable bonds is 12. The molecular weight excluding hydrogens is 562 g/mol. The number of aryl methyl sites for hydroxylation is 2. The van der Waals surface area contributed by atoms with Crippen molar-refractivity contribution in [1.82, 2.24) is 10.2 Å². The SMILES string of the molecule is COc1ccc(C)cc1N(CC(=O)N(Cc1ccc(C)cc1)[C@H](Cc1ccccc1)C(=O)NC1CCCCC1)S(C)(=O)=O. The third kappa shape index (κ3) is 8.83. The summed E-state index contributed by atoms with van der Waals surface area (Å²) < 4.78 is 32.8. The lowest BCUT2D eigenvalue weighted by molar-refractivity contribution is -0.140. The Bertz CT molecular complexity index is 1490. The van der Waals surface area contributed by atoms with Crippen LogP contribution in [-0.4, -0.2) is 57.1 Å². The van der Waals surface area contributed by atoms with Gasteiger partial charge in [0, 0.05) is 19.0 Å². The smallest absolute Gasteiger partial charge is 0.244 e. The first-order valence-electron chi connectivity index (χ1n) is 14.9. The fourth-order valence-electron chi connectivity index (χ4n) is 5.58. The Balaban J connectivity index is 1.75. The van der Waals surface area contributed by atoms with Gasteiger partial charge < -0.3 is 15.0 Å². The zero-order valence-electron chi connectivity index (χ0n) is 25.6. The summed E-state index contributed by atoms with van der Waals surface area (Å²) in [6.45, 7) is 3.51. The van der Waals surface area contributed by atoms with Crippen LogP contribution in [0.1, 0.15) is 54.4 Å². The molecule has 3 aromatic rings. The maximum atomic E-state index is 14.4. The van der Waals surface area contributed by atoms with Crippen LogP contribution in [0.25, 0.3) is 0 Å². The topological polar surface area (TPSA) is 96.0 Å². The number of nitrogens with one attached hydrogen (secondary N) is 1. The first-order chi connectivity index (χ1) is 20.5. The molecule has 8 nitrogen and oxygen atoms in total. The summed E-state index contributed by atoms with van der Waals surface area (Å²) >= 11 is 0. The predicted molar refractivity (Wildman–Crippen MR) is 171 cm³/mol. The molecule has 1 atom stereocenters. The van der Waals surface area contributed by atoms with Gasteiger partial charge in [0.15, 0.2) is 0 Å². The molecule has 0 radical (unpaired) electrons. The number of anilines is 1. The zero-order valence-corrected chi connectivity index (χ0v) is 26.4. The van der Waals surface area contributed by atoms with Crippen molar-refractivity contribution in [2.45, 2.75) is 71.0 Å². The lowest BCUT2D eigenvalue weighted by atomic mass is 9.94. The quantitative estimate of drug-likeness (QED) is 0.308. The van der Waals surface area contributed by atoms with Gasteiger partial charge in [0.05, 0.1) is 19.1 Å². The lowest BCUT2D eigenvalue weighted by Gasteiger charge is -2.35. The van der Waals surface area contributed by atoms with E-state index in [1.807, 2.05) is 74.5 Å². The van der Waals surface area contributed by atoms with Crippen molar-refractivity contribution in [1.29, 1.82) is 0 Å². The molecule has 1 fully saturated rings. The summed E-state index contributed by atoms with van der Waals surface area (Å²) in [7, 11) is -2.43. The minimum atomic E-state index is -3.90. The van der Waals surface area contributed by atoms with E-state index in [4.69, 9.17) is 4.74 Å². The molecule has 0 saturated heterocycles. The van der Waals surface area contributed by atoms with Gasteiger partial charge >= 0.3 is 0 Å². The number of ether oxygens (including phenoxy) is 1. The first-order valence-corrected chi connectivity index (χ1v) is 16.7. The normalized spacial score (nSPS) is 14.5. The Kier molecular flexibility index (Phi) is 10.9. The molecule has 1 aliphatic carbocycles. The molecule has 0 heterocycles. The molecule has 0 unspecified atom stereocenters. The van der Waals surface area contributed by atoms with Crippen molar-refractivity contribution >= 4 is 27.5 Å². The highest BCUT2D eigenvalue weighted by Crippen LogP contribution is 2.31. The molecule has 230 valence electrons. The highest BCUT2D eigenvalue weighted by atomic mass is 32.2. The van der Waals surface area contributed by atoms with Crippen molar-refractivity contribution < 1.29 is 22.7 Å². The van der Waals surface area contributed by atoms with Crippen LogP contribution in [0.2, 0.25) is 0 Å². The summed E-state index contributed by atoms with van der Waals surface area (Å²) in [4.78, 5) is 29.9. The maximum absolute atomic E-state index is 14.4. The van der Waals surface area contributed by atoms with Crippen LogP contribution in [0.4, 0.5) is 5.69 Å². The monoisotopic (exact) mass is 605 g/mol. The van der Waals surface area contributed by atoms with Gasteiger partial charge in [-0.05, 0) is 55.5 Å². The van der Waals surface area contributed by atoms with Gasteiger partial charge in [0.2, 0.25) is 21.8 Å². The second kappa shape index (κ2) is 14.6. The van der Waals surface area contributed by atoms with E-state index in [1.165, 1.54) is 12.0 Å². The third-order valence-electron chi connectivity index (χ3n) is 7.98. The van der Waals surface area contributed by atoms with Crippen LogP contribution in [0.15, 0.2) is 72.8 Å². The summed E-state index contributed by atoms with van der Waals surface area (Å²) in [5.74, 6) is -0.366. The Morgan fingerprint density at radius 1 is 0.907 bits per heavy atom. The molecule has 1 N–H and O–H groups in total. The number of carbonyl (C=O) groups excluding carboxylic acids is 2. The molecule has 0 aliphatic heterocycles. The van der Waals surface area contributed by atoms with Crippen molar-refractivity contribution in [3.8, 4) is 5.75 Å². The van der Waals surface area contributed by atoms with Gasteiger partial charge in [-0.25, -0.2) is 8.42 Å². The molecule has 3 aromatic carbocycles. The Hall–Kier alpha value is -3.85. The van der Waals surface area contributed by atoms with Crippen molar-refractivity contribution in [2.24, 2.45) is 0 Å². The standard InChI is InChI=1S/C34H43N3O5S/c1-25-15-18-28(19-16-25)23-36(33(38)24-37(43(4,40)41)30-21-26(2)17-20-32(30)42-3)31(22-27-11-7-5-8-12-27)34(39)35-29-13-9-6-10-14-29/h5,7-8,11-12,15-21,29,31H,6,9-10,13-14,22-24H2,1-4H3,(H,35,39)/t31-/m1/s1. The van der Waals surface area contributed by atoms with Crippen LogP contribution in [0.5, 0.6) is 5.75 Å². The van der Waals surface area contributed by atoms with Crippen LogP contribution in [0.3, 0.4) is 0 Å². The van der Waals surface area contributed by atoms with E-state index >= 15 is 0 Å². The van der Waals surface area contributed by atoms with Gasteiger partial charge in [-0.1, -0.05) is 85.5 Å². The van der Waals surface area contributed by atoms with Crippen molar-refractivity contribution in [3.05, 3.63) is 95.1 Å². The molecule has 0 spiro atoms. The number of amides is 2. The fourth-order valence-corrected chi connectivity index (χ4v) is 6.42. The van der Waals surface area contributed by atoms with E-state index in [-0.39, 0.29) is 24.2 Å². The second-order valence-electron chi connectivity index (χ2n) is 11.5. The number of carbonyl (C=O) groups is 2. The van der Waals surface area contributed by atoms with E-state index in [1.54, 1.807) is 12.1 Å². The van der Waals surface area contributed by atoms with E-state index < -0.39 is 28.5 Å². The number of benzene rings is 3. The number of hydrogen-bond donors (Lipinski definition) is 1. The third-order valence-corrected chi connectivity index (χ3v) is 9.10. The van der Waals surface area contributed by atoms with E-state index in [0.29, 0.717) is 12.2 Å². The Labute approximate surface area is 256 Å². The molecule has 0 aromatic heterocycles. The number of hydrogen-bond acceptors (Lipinski definition) is 5. The van der Waals surface area contributed by atoms with Crippen LogP contribution >= 0.6 is 0 Å². The average molecular weight is 606 g/mol.